The van der Waals surface area contributed by atoms with E-state index in [2.05, 4.69) is 20.3 Å². The molecule has 25 heavy (non-hydrogen) atoms. The molecule has 2 N–H and O–H groups in total. The van der Waals surface area contributed by atoms with Gasteiger partial charge in [-0.3, -0.25) is 9.59 Å². The molecule has 3 rings (SSSR count). The van der Waals surface area contributed by atoms with Gasteiger partial charge >= 0.3 is 0 Å². The van der Waals surface area contributed by atoms with Crippen LogP contribution in [0.5, 0.6) is 0 Å². The Hall–Kier alpha value is -2.67. The first kappa shape index (κ1) is 17.2. The van der Waals surface area contributed by atoms with E-state index in [-0.39, 0.29) is 16.9 Å². The van der Waals surface area contributed by atoms with Gasteiger partial charge in [-0.25, -0.2) is 9.97 Å². The monoisotopic (exact) mass is 354 g/mol. The molecule has 7 heteroatoms. The average molecular weight is 354 g/mol. The van der Waals surface area contributed by atoms with Gasteiger partial charge in [0.1, 0.15) is 0 Å². The quantitative estimate of drug-likeness (QED) is 0.521. The number of nitrogens with zero attached hydrogens (tertiary/aromatic N) is 2. The maximum atomic E-state index is 12.5. The van der Waals surface area contributed by atoms with E-state index >= 15 is 0 Å². The minimum Gasteiger partial charge on any atom is -0.332 e. The number of rotatable bonds is 6. The van der Waals surface area contributed by atoms with Crippen LogP contribution < -0.4 is 5.32 Å². The second-order valence-electron chi connectivity index (χ2n) is 5.55. The smallest absolute Gasteiger partial charge is 0.237 e. The summed E-state index contributed by atoms with van der Waals surface area (Å²) in [7, 11) is 0. The number of H-pyrrole nitrogens is 1. The first-order chi connectivity index (χ1) is 12.1. The van der Waals surface area contributed by atoms with Crippen molar-refractivity contribution in [1.82, 2.24) is 15.0 Å². The molecule has 0 aliphatic rings. The lowest BCUT2D eigenvalue weighted by Crippen LogP contribution is -2.24. The highest BCUT2D eigenvalue weighted by molar-refractivity contribution is 8.00. The van der Waals surface area contributed by atoms with E-state index in [1.165, 1.54) is 18.7 Å². The highest BCUT2D eigenvalue weighted by Gasteiger charge is 2.20. The van der Waals surface area contributed by atoms with Gasteiger partial charge in [-0.15, -0.1) is 0 Å². The molecule has 0 bridgehead atoms. The maximum Gasteiger partial charge on any atom is 0.237 e. The predicted octanol–water partition coefficient (Wildman–Crippen LogP) is 3.67. The lowest BCUT2D eigenvalue weighted by Gasteiger charge is -2.13. The van der Waals surface area contributed by atoms with E-state index in [9.17, 15) is 9.59 Å². The van der Waals surface area contributed by atoms with Gasteiger partial charge in [-0.1, -0.05) is 18.7 Å². The van der Waals surface area contributed by atoms with E-state index in [0.717, 1.165) is 5.52 Å². The Kier molecular flexibility index (Phi) is 5.14. The first-order valence-electron chi connectivity index (χ1n) is 7.96. The summed E-state index contributed by atoms with van der Waals surface area (Å²) >= 11 is 1.38. The predicted molar refractivity (Wildman–Crippen MR) is 98.9 cm³/mol. The summed E-state index contributed by atoms with van der Waals surface area (Å²) in [6.45, 7) is 3.47. The van der Waals surface area contributed by atoms with Gasteiger partial charge in [0.25, 0.3) is 0 Å². The zero-order chi connectivity index (χ0) is 17.8. The van der Waals surface area contributed by atoms with E-state index in [0.29, 0.717) is 28.5 Å². The summed E-state index contributed by atoms with van der Waals surface area (Å²) in [5, 5.41) is 3.27. The Morgan fingerprint density at radius 2 is 2.00 bits per heavy atom. The molecular formula is C18H18N4O2S. The van der Waals surface area contributed by atoms with Gasteiger partial charge in [0.15, 0.2) is 16.6 Å². The molecular weight excluding hydrogens is 336 g/mol. The summed E-state index contributed by atoms with van der Waals surface area (Å²) in [4.78, 5) is 35.6. The van der Waals surface area contributed by atoms with Crippen LogP contribution in [-0.2, 0) is 4.79 Å². The molecule has 6 nitrogen and oxygen atoms in total. The number of fused-ring (bicyclic) bond motifs is 1. The molecule has 1 aromatic carbocycles. The van der Waals surface area contributed by atoms with Gasteiger partial charge in [-0.2, -0.15) is 0 Å². The highest BCUT2D eigenvalue weighted by atomic mass is 32.2. The average Bonchev–Trinajstić information content (AvgIpc) is 3.02. The fraction of sp³-hybridized carbons (Fsp3) is 0.222. The second-order valence-corrected chi connectivity index (χ2v) is 6.75. The third kappa shape index (κ3) is 4.06. The maximum absolute atomic E-state index is 12.5. The summed E-state index contributed by atoms with van der Waals surface area (Å²) < 4.78 is 0. The number of aromatic nitrogens is 3. The van der Waals surface area contributed by atoms with Crippen LogP contribution in [0.3, 0.4) is 0 Å². The molecule has 128 valence electrons. The summed E-state index contributed by atoms with van der Waals surface area (Å²) in [5.74, 6) is -0.102. The molecule has 0 unspecified atom stereocenters. The minimum absolute atomic E-state index is 0.00152. The van der Waals surface area contributed by atoms with Gasteiger partial charge in [0.2, 0.25) is 5.91 Å². The molecule has 0 saturated carbocycles. The van der Waals surface area contributed by atoms with Crippen molar-refractivity contribution in [2.75, 3.05) is 5.32 Å². The third-order valence-electron chi connectivity index (χ3n) is 3.71. The lowest BCUT2D eigenvalue weighted by molar-refractivity contribution is -0.115. The number of amides is 1. The number of anilines is 1. The zero-order valence-electron chi connectivity index (χ0n) is 13.9. The second kappa shape index (κ2) is 7.48. The van der Waals surface area contributed by atoms with Crippen LogP contribution in [0, 0.1) is 0 Å². The van der Waals surface area contributed by atoms with Crippen molar-refractivity contribution in [2.45, 2.75) is 30.7 Å². The number of imidazole rings is 1. The third-order valence-corrected chi connectivity index (χ3v) is 4.96. The SMILES string of the molecule is CC[C@H](Sc1nc2ncccc2[nH]1)C(=O)Nc1ccc(C(C)=O)cc1. The number of hydrogen-bond acceptors (Lipinski definition) is 5. The van der Waals surface area contributed by atoms with Crippen LogP contribution >= 0.6 is 11.8 Å². The van der Waals surface area contributed by atoms with Crippen molar-refractivity contribution in [3.05, 3.63) is 48.2 Å². The van der Waals surface area contributed by atoms with Crippen molar-refractivity contribution < 1.29 is 9.59 Å². The number of nitrogens with one attached hydrogen (secondary N) is 2. The summed E-state index contributed by atoms with van der Waals surface area (Å²) in [6, 6.07) is 10.6. The number of aromatic amines is 1. The molecule has 1 atom stereocenters. The Morgan fingerprint density at radius 1 is 1.24 bits per heavy atom. The summed E-state index contributed by atoms with van der Waals surface area (Å²) in [6.07, 6.45) is 2.35. The van der Waals surface area contributed by atoms with E-state index in [1.54, 1.807) is 30.5 Å². The highest BCUT2D eigenvalue weighted by Crippen LogP contribution is 2.25. The first-order valence-corrected chi connectivity index (χ1v) is 8.84. The van der Waals surface area contributed by atoms with Crippen molar-refractivity contribution in [1.29, 1.82) is 0 Å². The molecule has 0 fully saturated rings. The van der Waals surface area contributed by atoms with Crippen LogP contribution in [0.25, 0.3) is 11.2 Å². The normalized spacial score (nSPS) is 12.1. The number of benzene rings is 1. The molecule has 2 heterocycles. The topological polar surface area (TPSA) is 87.7 Å². The van der Waals surface area contributed by atoms with Crippen LogP contribution in [0.15, 0.2) is 47.8 Å². The Balaban J connectivity index is 1.69. The van der Waals surface area contributed by atoms with Crippen LogP contribution in [-0.4, -0.2) is 31.9 Å². The van der Waals surface area contributed by atoms with Crippen LogP contribution in [0.1, 0.15) is 30.6 Å². The van der Waals surface area contributed by atoms with Gasteiger partial charge in [-0.05, 0) is 49.7 Å². The van der Waals surface area contributed by atoms with Gasteiger partial charge in [0.05, 0.1) is 10.8 Å². The molecule has 0 saturated heterocycles. The molecule has 2 aromatic heterocycles. The molecule has 0 radical (unpaired) electrons. The number of carbonyl (C=O) groups is 2. The van der Waals surface area contributed by atoms with Crippen molar-refractivity contribution >= 4 is 40.3 Å². The Bertz CT molecular complexity index is 872. The fourth-order valence-electron chi connectivity index (χ4n) is 2.35. The number of carbonyl (C=O) groups excluding carboxylic acids is 2. The lowest BCUT2D eigenvalue weighted by atomic mass is 10.1. The van der Waals surface area contributed by atoms with Gasteiger partial charge in [0, 0.05) is 17.4 Å². The van der Waals surface area contributed by atoms with Crippen molar-refractivity contribution in [3.8, 4) is 0 Å². The number of ketones is 1. The van der Waals surface area contributed by atoms with Crippen LogP contribution in [0.4, 0.5) is 5.69 Å². The van der Waals surface area contributed by atoms with E-state index in [4.69, 9.17) is 0 Å². The zero-order valence-corrected chi connectivity index (χ0v) is 14.8. The molecule has 1 amide bonds. The molecule has 0 aliphatic carbocycles. The summed E-state index contributed by atoms with van der Waals surface area (Å²) in [5.41, 5.74) is 2.77. The fourth-order valence-corrected chi connectivity index (χ4v) is 3.26. The largest absolute Gasteiger partial charge is 0.332 e. The van der Waals surface area contributed by atoms with Crippen molar-refractivity contribution in [2.24, 2.45) is 0 Å². The number of hydrogen-bond donors (Lipinski definition) is 2. The molecule has 0 spiro atoms. The number of Topliss-reactive ketones (excluding diaryl/α,β-unsaturated/α-hetero) is 1. The Labute approximate surface area is 149 Å². The van der Waals surface area contributed by atoms with Gasteiger partial charge < -0.3 is 10.3 Å². The Morgan fingerprint density at radius 3 is 2.64 bits per heavy atom. The minimum atomic E-state index is -0.284. The number of pyridine rings is 1. The van der Waals surface area contributed by atoms with Crippen LogP contribution in [0.2, 0.25) is 0 Å². The molecule has 3 aromatic rings. The standard InChI is InChI=1S/C18H18N4O2S/c1-3-15(25-18-21-14-5-4-10-19-16(14)22-18)17(24)20-13-8-6-12(7-9-13)11(2)23/h4-10,15H,3H2,1-2H3,(H,20,24)(H,19,21,22)/t15-/m0/s1. The van der Waals surface area contributed by atoms with E-state index in [1.807, 2.05) is 19.1 Å². The van der Waals surface area contributed by atoms with E-state index < -0.39 is 0 Å². The molecule has 0 aliphatic heterocycles. The number of thioether (sulfide) groups is 1. The van der Waals surface area contributed by atoms with Crippen molar-refractivity contribution in [3.63, 3.8) is 0 Å².